The number of ether oxygens (including phenoxy) is 1. The lowest BCUT2D eigenvalue weighted by Crippen LogP contribution is -2.34. The van der Waals surface area contributed by atoms with Gasteiger partial charge in [-0.2, -0.15) is 0 Å². The molecule has 2 amide bonds. The number of likely N-dealkylation sites (tertiary alicyclic amines) is 1. The van der Waals surface area contributed by atoms with E-state index in [9.17, 15) is 9.59 Å². The second-order valence-corrected chi connectivity index (χ2v) is 7.98. The molecule has 0 aromatic heterocycles. The number of carbonyl (C=O) groups excluding carboxylic acids is 2. The summed E-state index contributed by atoms with van der Waals surface area (Å²) in [7, 11) is 0. The van der Waals surface area contributed by atoms with Crippen LogP contribution in [-0.2, 0) is 0 Å². The maximum atomic E-state index is 12.6. The van der Waals surface area contributed by atoms with Crippen LogP contribution in [0.3, 0.4) is 0 Å². The molecule has 1 fully saturated rings. The van der Waals surface area contributed by atoms with Gasteiger partial charge in [-0.25, -0.2) is 0 Å². The van der Waals surface area contributed by atoms with Gasteiger partial charge in [0.05, 0.1) is 6.61 Å². The first-order chi connectivity index (χ1) is 15.1. The van der Waals surface area contributed by atoms with E-state index in [1.54, 1.807) is 42.5 Å². The number of carbonyl (C=O) groups is 2. The van der Waals surface area contributed by atoms with E-state index in [4.69, 9.17) is 17.0 Å². The molecule has 1 aliphatic heterocycles. The molecule has 0 spiro atoms. The highest BCUT2D eigenvalue weighted by Gasteiger charge is 2.19. The Morgan fingerprint density at radius 2 is 1.77 bits per heavy atom. The molecule has 2 N–H and O–H groups in total. The Labute approximate surface area is 189 Å². The minimum Gasteiger partial charge on any atom is -0.494 e. The molecule has 164 valence electrons. The first kappa shape index (κ1) is 22.7. The quantitative estimate of drug-likeness (QED) is 0.464. The lowest BCUT2D eigenvalue weighted by molar-refractivity contribution is 0.0792. The normalized spacial score (nSPS) is 13.0. The first-order valence-corrected chi connectivity index (χ1v) is 11.2. The Morgan fingerprint density at radius 3 is 2.48 bits per heavy atom. The summed E-state index contributed by atoms with van der Waals surface area (Å²) in [6.07, 6.45) is 5.40. The van der Waals surface area contributed by atoms with Gasteiger partial charge in [0.15, 0.2) is 5.11 Å². The lowest BCUT2D eigenvalue weighted by atomic mass is 10.2. The predicted molar refractivity (Wildman–Crippen MR) is 127 cm³/mol. The fourth-order valence-electron chi connectivity index (χ4n) is 3.42. The van der Waals surface area contributed by atoms with Crippen molar-refractivity contribution in [2.24, 2.45) is 0 Å². The van der Waals surface area contributed by atoms with E-state index in [2.05, 4.69) is 17.6 Å². The molecular formula is C24H29N3O3S. The Balaban J connectivity index is 1.51. The monoisotopic (exact) mass is 439 g/mol. The zero-order chi connectivity index (χ0) is 22.1. The molecule has 31 heavy (non-hydrogen) atoms. The fourth-order valence-corrected chi connectivity index (χ4v) is 3.63. The summed E-state index contributed by atoms with van der Waals surface area (Å²) in [6, 6.07) is 14.1. The van der Waals surface area contributed by atoms with Gasteiger partial charge in [0.25, 0.3) is 11.8 Å². The van der Waals surface area contributed by atoms with Gasteiger partial charge in [-0.3, -0.25) is 14.9 Å². The van der Waals surface area contributed by atoms with Crippen LogP contribution in [0.4, 0.5) is 5.69 Å². The first-order valence-electron chi connectivity index (χ1n) is 10.8. The molecule has 0 atom stereocenters. The molecule has 0 unspecified atom stereocenters. The molecule has 3 rings (SSSR count). The van der Waals surface area contributed by atoms with Gasteiger partial charge in [-0.15, -0.1) is 0 Å². The third kappa shape index (κ3) is 6.79. The standard InChI is InChI=1S/C24H29N3O3S/c1-2-3-6-16-30-21-12-10-18(11-13-21)22(28)26-24(31)25-20-9-7-8-19(17-20)23(29)27-14-4-5-15-27/h7-13,17H,2-6,14-16H2,1H3,(H2,25,26,28,31). The summed E-state index contributed by atoms with van der Waals surface area (Å²) in [5.74, 6) is 0.459. The molecule has 6 nitrogen and oxygen atoms in total. The molecule has 0 aliphatic carbocycles. The molecule has 2 aromatic rings. The number of nitrogens with zero attached hydrogens (tertiary/aromatic N) is 1. The van der Waals surface area contributed by atoms with Gasteiger partial charge in [0, 0.05) is 29.9 Å². The van der Waals surface area contributed by atoms with Crippen molar-refractivity contribution in [1.82, 2.24) is 10.2 Å². The van der Waals surface area contributed by atoms with Crippen molar-refractivity contribution in [3.05, 3.63) is 59.7 Å². The van der Waals surface area contributed by atoms with Crippen LogP contribution in [0.1, 0.15) is 59.7 Å². The Morgan fingerprint density at radius 1 is 1.03 bits per heavy atom. The number of anilines is 1. The molecule has 0 saturated carbocycles. The highest BCUT2D eigenvalue weighted by atomic mass is 32.1. The van der Waals surface area contributed by atoms with Crippen molar-refractivity contribution >= 4 is 34.8 Å². The molecule has 7 heteroatoms. The van der Waals surface area contributed by atoms with Crippen LogP contribution < -0.4 is 15.4 Å². The van der Waals surface area contributed by atoms with Crippen LogP contribution >= 0.6 is 12.2 Å². The lowest BCUT2D eigenvalue weighted by Gasteiger charge is -2.16. The highest BCUT2D eigenvalue weighted by molar-refractivity contribution is 7.80. The highest BCUT2D eigenvalue weighted by Crippen LogP contribution is 2.17. The van der Waals surface area contributed by atoms with Gasteiger partial charge < -0.3 is 15.0 Å². The molecule has 1 heterocycles. The molecule has 1 aliphatic rings. The Kier molecular flexibility index (Phi) is 8.41. The van der Waals surface area contributed by atoms with Gasteiger partial charge in [0.2, 0.25) is 0 Å². The fraction of sp³-hybridized carbons (Fsp3) is 0.375. The van der Waals surface area contributed by atoms with Crippen molar-refractivity contribution in [3.63, 3.8) is 0 Å². The molecule has 0 bridgehead atoms. The number of hydrogen-bond donors (Lipinski definition) is 2. The Hall–Kier alpha value is -2.93. The van der Waals surface area contributed by atoms with Crippen LogP contribution in [0.2, 0.25) is 0 Å². The number of hydrogen-bond acceptors (Lipinski definition) is 4. The van der Waals surface area contributed by atoms with Crippen LogP contribution in [-0.4, -0.2) is 41.5 Å². The zero-order valence-electron chi connectivity index (χ0n) is 17.9. The van der Waals surface area contributed by atoms with Crippen LogP contribution in [0.5, 0.6) is 5.75 Å². The van der Waals surface area contributed by atoms with E-state index in [0.29, 0.717) is 23.4 Å². The largest absolute Gasteiger partial charge is 0.494 e. The second kappa shape index (κ2) is 11.5. The number of thiocarbonyl (C=S) groups is 1. The third-order valence-corrected chi connectivity index (χ3v) is 5.32. The average Bonchev–Trinajstić information content (AvgIpc) is 3.31. The summed E-state index contributed by atoms with van der Waals surface area (Å²) in [5, 5.41) is 5.83. The van der Waals surface area contributed by atoms with E-state index in [1.165, 1.54) is 0 Å². The van der Waals surface area contributed by atoms with Gasteiger partial charge in [0.1, 0.15) is 5.75 Å². The number of unbranched alkanes of at least 4 members (excludes halogenated alkanes) is 2. The summed E-state index contributed by atoms with van der Waals surface area (Å²) >= 11 is 5.27. The van der Waals surface area contributed by atoms with Crippen molar-refractivity contribution in [3.8, 4) is 5.75 Å². The van der Waals surface area contributed by atoms with Crippen LogP contribution in [0.25, 0.3) is 0 Å². The molecule has 0 radical (unpaired) electrons. The van der Waals surface area contributed by atoms with E-state index in [0.717, 1.165) is 50.9 Å². The predicted octanol–water partition coefficient (Wildman–Crippen LogP) is 4.62. The SMILES string of the molecule is CCCCCOc1ccc(C(=O)NC(=S)Nc2cccc(C(=O)N3CCCC3)c2)cc1. The number of nitrogens with one attached hydrogen (secondary N) is 2. The summed E-state index contributed by atoms with van der Waals surface area (Å²) in [4.78, 5) is 26.9. The number of rotatable bonds is 8. The second-order valence-electron chi connectivity index (χ2n) is 7.57. The molecule has 1 saturated heterocycles. The topological polar surface area (TPSA) is 70.7 Å². The summed E-state index contributed by atoms with van der Waals surface area (Å²) in [6.45, 7) is 4.42. The minimum atomic E-state index is -0.306. The third-order valence-electron chi connectivity index (χ3n) is 5.12. The van der Waals surface area contributed by atoms with E-state index in [-0.39, 0.29) is 16.9 Å². The number of benzene rings is 2. The van der Waals surface area contributed by atoms with Crippen molar-refractivity contribution in [2.75, 3.05) is 25.0 Å². The van der Waals surface area contributed by atoms with Crippen molar-refractivity contribution in [1.29, 1.82) is 0 Å². The number of amides is 2. The maximum absolute atomic E-state index is 12.6. The van der Waals surface area contributed by atoms with E-state index in [1.807, 2.05) is 11.0 Å². The molecular weight excluding hydrogens is 410 g/mol. The summed E-state index contributed by atoms with van der Waals surface area (Å²) in [5.41, 5.74) is 1.75. The van der Waals surface area contributed by atoms with Crippen LogP contribution in [0, 0.1) is 0 Å². The molecule has 2 aromatic carbocycles. The average molecular weight is 440 g/mol. The maximum Gasteiger partial charge on any atom is 0.257 e. The minimum absolute atomic E-state index is 0.0214. The Bertz CT molecular complexity index is 909. The van der Waals surface area contributed by atoms with Crippen LogP contribution in [0.15, 0.2) is 48.5 Å². The van der Waals surface area contributed by atoms with E-state index >= 15 is 0 Å². The van der Waals surface area contributed by atoms with Crippen molar-refractivity contribution < 1.29 is 14.3 Å². The zero-order valence-corrected chi connectivity index (χ0v) is 18.7. The van der Waals surface area contributed by atoms with Gasteiger partial charge >= 0.3 is 0 Å². The smallest absolute Gasteiger partial charge is 0.257 e. The van der Waals surface area contributed by atoms with Gasteiger partial charge in [-0.1, -0.05) is 25.8 Å². The summed E-state index contributed by atoms with van der Waals surface area (Å²) < 4.78 is 5.67. The van der Waals surface area contributed by atoms with Gasteiger partial charge in [-0.05, 0) is 73.9 Å². The van der Waals surface area contributed by atoms with E-state index < -0.39 is 0 Å². The van der Waals surface area contributed by atoms with Crippen molar-refractivity contribution in [2.45, 2.75) is 39.0 Å².